The van der Waals surface area contributed by atoms with Crippen molar-refractivity contribution in [2.75, 3.05) is 33.4 Å². The van der Waals surface area contributed by atoms with Crippen LogP contribution in [0.25, 0.3) is 0 Å². The van der Waals surface area contributed by atoms with Gasteiger partial charge in [-0.3, -0.25) is 0 Å². The highest BCUT2D eigenvalue weighted by atomic mass is 35.5. The van der Waals surface area contributed by atoms with Gasteiger partial charge in [0.05, 0.1) is 11.9 Å². The van der Waals surface area contributed by atoms with Crippen LogP contribution >= 0.6 is 12.4 Å². The number of nitrogens with one attached hydrogen (secondary N) is 1. The van der Waals surface area contributed by atoms with Crippen molar-refractivity contribution in [3.8, 4) is 0 Å². The monoisotopic (exact) mass is 272 g/mol. The van der Waals surface area contributed by atoms with Crippen molar-refractivity contribution in [3.63, 3.8) is 0 Å². The summed E-state index contributed by atoms with van der Waals surface area (Å²) in [5.74, 6) is 0. The molecule has 1 fully saturated rings. The molecule has 0 saturated carbocycles. The summed E-state index contributed by atoms with van der Waals surface area (Å²) in [6.45, 7) is 5.76. The first-order valence-corrected chi connectivity index (χ1v) is 6.70. The summed E-state index contributed by atoms with van der Waals surface area (Å²) < 4.78 is 30.5. The largest absolute Gasteiger partial charge is 0.383 e. The second kappa shape index (κ2) is 6.76. The molecule has 0 spiro atoms. The van der Waals surface area contributed by atoms with E-state index in [1.165, 1.54) is 7.11 Å². The molecule has 1 aliphatic heterocycles. The number of halogens is 1. The van der Waals surface area contributed by atoms with Crippen LogP contribution in [0, 0.1) is 0 Å². The van der Waals surface area contributed by atoms with E-state index in [0.717, 1.165) is 6.54 Å². The van der Waals surface area contributed by atoms with E-state index in [-0.39, 0.29) is 25.1 Å². The van der Waals surface area contributed by atoms with Crippen LogP contribution in [-0.2, 0) is 14.8 Å². The topological polar surface area (TPSA) is 58.6 Å². The van der Waals surface area contributed by atoms with Gasteiger partial charge in [0.25, 0.3) is 0 Å². The van der Waals surface area contributed by atoms with Gasteiger partial charge in [0.2, 0.25) is 10.0 Å². The lowest BCUT2D eigenvalue weighted by molar-refractivity contribution is 0.196. The van der Waals surface area contributed by atoms with Crippen molar-refractivity contribution >= 4 is 22.4 Å². The molecule has 7 heteroatoms. The van der Waals surface area contributed by atoms with Gasteiger partial charge in [0.1, 0.15) is 0 Å². The molecule has 0 bridgehead atoms. The first kappa shape index (κ1) is 16.1. The van der Waals surface area contributed by atoms with Crippen molar-refractivity contribution < 1.29 is 13.2 Å². The van der Waals surface area contributed by atoms with Crippen molar-refractivity contribution in [2.45, 2.75) is 25.1 Å². The predicted octanol–water partition coefficient (Wildman–Crippen LogP) is 0.0666. The van der Waals surface area contributed by atoms with Gasteiger partial charge in [-0.1, -0.05) is 0 Å². The predicted molar refractivity (Wildman–Crippen MR) is 66.5 cm³/mol. The molecule has 1 N–H and O–H groups in total. The highest BCUT2D eigenvalue weighted by Gasteiger charge is 2.31. The molecule has 98 valence electrons. The molecule has 1 rings (SSSR count). The van der Waals surface area contributed by atoms with Crippen LogP contribution in [0.4, 0.5) is 0 Å². The zero-order valence-electron chi connectivity index (χ0n) is 9.97. The molecular formula is C9H21ClN2O3S. The number of sulfonamides is 1. The lowest BCUT2D eigenvalue weighted by Gasteiger charge is -2.32. The number of piperazine rings is 1. The first-order valence-electron chi connectivity index (χ1n) is 5.19. The third kappa shape index (κ3) is 3.85. The Morgan fingerprint density at radius 1 is 1.56 bits per heavy atom. The number of hydrogen-bond acceptors (Lipinski definition) is 4. The van der Waals surface area contributed by atoms with Crippen molar-refractivity contribution in [2.24, 2.45) is 0 Å². The lowest BCUT2D eigenvalue weighted by Crippen LogP contribution is -2.53. The minimum atomic E-state index is -3.19. The van der Waals surface area contributed by atoms with E-state index in [9.17, 15) is 8.42 Å². The Morgan fingerprint density at radius 3 is 2.69 bits per heavy atom. The highest BCUT2D eigenvalue weighted by Crippen LogP contribution is 2.12. The summed E-state index contributed by atoms with van der Waals surface area (Å²) in [5, 5.41) is 2.75. The molecule has 1 heterocycles. The summed E-state index contributed by atoms with van der Waals surface area (Å²) in [5.41, 5.74) is 0. The minimum Gasteiger partial charge on any atom is -0.383 e. The van der Waals surface area contributed by atoms with Crippen LogP contribution < -0.4 is 5.32 Å². The van der Waals surface area contributed by atoms with E-state index in [4.69, 9.17) is 4.74 Å². The molecule has 0 radical (unpaired) electrons. The second-order valence-corrected chi connectivity index (χ2v) is 6.38. The number of nitrogens with zero attached hydrogens (tertiary/aromatic N) is 1. The zero-order valence-corrected chi connectivity index (χ0v) is 11.6. The molecular weight excluding hydrogens is 252 g/mol. The number of methoxy groups -OCH3 is 1. The van der Waals surface area contributed by atoms with Gasteiger partial charge < -0.3 is 10.1 Å². The van der Waals surface area contributed by atoms with Crippen LogP contribution in [0.15, 0.2) is 0 Å². The highest BCUT2D eigenvalue weighted by molar-refractivity contribution is 7.89. The Hall–Kier alpha value is 0.120. The van der Waals surface area contributed by atoms with E-state index in [1.807, 2.05) is 6.92 Å². The zero-order chi connectivity index (χ0) is 11.5. The molecule has 2 atom stereocenters. The van der Waals surface area contributed by atoms with Crippen molar-refractivity contribution in [1.29, 1.82) is 0 Å². The summed E-state index contributed by atoms with van der Waals surface area (Å²) >= 11 is 0. The SMILES string of the molecule is COCC(C)S(=O)(=O)N1CCNC(C)C1.Cl. The summed E-state index contributed by atoms with van der Waals surface area (Å²) in [6, 6.07) is 0.225. The fraction of sp³-hybridized carbons (Fsp3) is 1.00. The first-order chi connectivity index (χ1) is 6.98. The Kier molecular flexibility index (Phi) is 6.81. The molecule has 0 aliphatic carbocycles. The lowest BCUT2D eigenvalue weighted by atomic mass is 10.3. The Balaban J connectivity index is 0.00000225. The molecule has 16 heavy (non-hydrogen) atoms. The molecule has 1 saturated heterocycles. The minimum absolute atomic E-state index is 0. The molecule has 0 amide bonds. The van der Waals surface area contributed by atoms with E-state index in [2.05, 4.69) is 5.32 Å². The molecule has 5 nitrogen and oxygen atoms in total. The third-order valence-electron chi connectivity index (χ3n) is 2.60. The van der Waals surface area contributed by atoms with Gasteiger partial charge in [0.15, 0.2) is 0 Å². The van der Waals surface area contributed by atoms with Gasteiger partial charge in [-0.05, 0) is 13.8 Å². The molecule has 0 aromatic heterocycles. The normalized spacial score (nSPS) is 24.8. The Bertz CT molecular complexity index is 297. The van der Waals surface area contributed by atoms with Crippen LogP contribution in [0.5, 0.6) is 0 Å². The number of hydrogen-bond donors (Lipinski definition) is 1. The van der Waals surface area contributed by atoms with Crippen LogP contribution in [0.3, 0.4) is 0 Å². The Morgan fingerprint density at radius 2 is 2.19 bits per heavy atom. The maximum Gasteiger partial charge on any atom is 0.219 e. The van der Waals surface area contributed by atoms with Crippen LogP contribution in [0.2, 0.25) is 0 Å². The fourth-order valence-electron chi connectivity index (χ4n) is 1.70. The smallest absolute Gasteiger partial charge is 0.219 e. The van der Waals surface area contributed by atoms with E-state index in [0.29, 0.717) is 13.1 Å². The second-order valence-electron chi connectivity index (χ2n) is 4.02. The summed E-state index contributed by atoms with van der Waals surface area (Å²) in [4.78, 5) is 0. The summed E-state index contributed by atoms with van der Waals surface area (Å²) in [7, 11) is -1.67. The summed E-state index contributed by atoms with van der Waals surface area (Å²) in [6.07, 6.45) is 0. The van der Waals surface area contributed by atoms with Gasteiger partial charge in [-0.15, -0.1) is 12.4 Å². The fourth-order valence-corrected chi connectivity index (χ4v) is 3.30. The molecule has 0 aromatic carbocycles. The van der Waals surface area contributed by atoms with Crippen LogP contribution in [-0.4, -0.2) is 57.4 Å². The Labute approximate surface area is 104 Å². The quantitative estimate of drug-likeness (QED) is 0.787. The van der Waals surface area contributed by atoms with Crippen molar-refractivity contribution in [1.82, 2.24) is 9.62 Å². The van der Waals surface area contributed by atoms with Gasteiger partial charge in [-0.25, -0.2) is 8.42 Å². The number of rotatable bonds is 4. The maximum absolute atomic E-state index is 12.0. The van der Waals surface area contributed by atoms with Crippen LogP contribution in [0.1, 0.15) is 13.8 Å². The van der Waals surface area contributed by atoms with Gasteiger partial charge >= 0.3 is 0 Å². The number of ether oxygens (including phenoxy) is 1. The van der Waals surface area contributed by atoms with E-state index >= 15 is 0 Å². The maximum atomic E-state index is 12.0. The van der Waals surface area contributed by atoms with Gasteiger partial charge in [-0.2, -0.15) is 4.31 Å². The average Bonchev–Trinajstić information content (AvgIpc) is 2.18. The van der Waals surface area contributed by atoms with Crippen molar-refractivity contribution in [3.05, 3.63) is 0 Å². The molecule has 0 aromatic rings. The average molecular weight is 273 g/mol. The molecule has 1 aliphatic rings. The van der Waals surface area contributed by atoms with E-state index in [1.54, 1.807) is 11.2 Å². The van der Waals surface area contributed by atoms with Gasteiger partial charge in [0, 0.05) is 32.8 Å². The molecule has 2 unspecified atom stereocenters. The van der Waals surface area contributed by atoms with E-state index < -0.39 is 15.3 Å². The third-order valence-corrected chi connectivity index (χ3v) is 4.81. The standard InChI is InChI=1S/C9H20N2O3S.ClH/c1-8-6-11(5-4-10-8)15(12,13)9(2)7-14-3;/h8-10H,4-7H2,1-3H3;1H.